The van der Waals surface area contributed by atoms with Gasteiger partial charge in [-0.25, -0.2) is 0 Å². The summed E-state index contributed by atoms with van der Waals surface area (Å²) in [6.07, 6.45) is 1.14. The molecule has 0 aliphatic carbocycles. The third-order valence-corrected chi connectivity index (χ3v) is 1.64. The number of H-pyrrole nitrogens is 1. The molecule has 1 heterocycles. The Balaban J connectivity index is 0.000000810. The fraction of sp³-hybridized carbons (Fsp3) is 0.500. The fourth-order valence-corrected chi connectivity index (χ4v) is 1.15. The van der Waals surface area contributed by atoms with Crippen molar-refractivity contribution in [3.8, 4) is 0 Å². The Hall–Kier alpha value is -0.720. The molecule has 0 unspecified atom stereocenters. The van der Waals surface area contributed by atoms with Gasteiger partial charge in [-0.15, -0.1) is 0 Å². The van der Waals surface area contributed by atoms with Crippen LogP contribution < -0.4 is 0 Å². The van der Waals surface area contributed by atoms with E-state index in [4.69, 9.17) is 0 Å². The third kappa shape index (κ3) is 1.15. The van der Waals surface area contributed by atoms with Crippen LogP contribution in [-0.4, -0.2) is 4.98 Å². The van der Waals surface area contributed by atoms with E-state index in [0.717, 1.165) is 6.42 Å². The topological polar surface area (TPSA) is 15.8 Å². The summed E-state index contributed by atoms with van der Waals surface area (Å²) in [4.78, 5) is 3.26. The second-order valence-corrected chi connectivity index (χ2v) is 2.46. The van der Waals surface area contributed by atoms with Crippen molar-refractivity contribution in [2.45, 2.75) is 27.2 Å². The Morgan fingerprint density at radius 2 is 2.22 bits per heavy atom. The van der Waals surface area contributed by atoms with Crippen molar-refractivity contribution in [1.82, 2.24) is 4.98 Å². The van der Waals surface area contributed by atoms with Crippen molar-refractivity contribution in [1.29, 1.82) is 0 Å². The van der Waals surface area contributed by atoms with Gasteiger partial charge in [0.05, 0.1) is 0 Å². The van der Waals surface area contributed by atoms with Crippen molar-refractivity contribution in [2.24, 2.45) is 0 Å². The van der Waals surface area contributed by atoms with E-state index in [1.807, 2.05) is 0 Å². The number of nitrogens with one attached hydrogen (secondary N) is 1. The van der Waals surface area contributed by atoms with E-state index in [-0.39, 0.29) is 1.43 Å². The quantitative estimate of drug-likeness (QED) is 0.593. The number of hydrogen-bond acceptors (Lipinski definition) is 0. The molecule has 0 aliphatic heterocycles. The van der Waals surface area contributed by atoms with Gasteiger partial charge in [-0.1, -0.05) is 6.92 Å². The molecule has 52 valence electrons. The summed E-state index contributed by atoms with van der Waals surface area (Å²) in [6, 6.07) is 2.20. The van der Waals surface area contributed by atoms with Crippen LogP contribution in [-0.2, 0) is 6.42 Å². The molecule has 0 amide bonds. The smallest absolute Gasteiger partial charge is 0.0150 e. The van der Waals surface area contributed by atoms with E-state index in [1.54, 1.807) is 0 Å². The largest absolute Gasteiger partial charge is 0.362 e. The van der Waals surface area contributed by atoms with Crippen LogP contribution in [0.3, 0.4) is 0 Å². The van der Waals surface area contributed by atoms with Crippen LogP contribution in [0.4, 0.5) is 0 Å². The summed E-state index contributed by atoms with van der Waals surface area (Å²) >= 11 is 0. The van der Waals surface area contributed by atoms with E-state index < -0.39 is 0 Å². The fourth-order valence-electron chi connectivity index (χ4n) is 1.15. The zero-order valence-corrected chi connectivity index (χ0v) is 6.28. The van der Waals surface area contributed by atoms with Crippen molar-refractivity contribution in [3.05, 3.63) is 23.0 Å². The van der Waals surface area contributed by atoms with Gasteiger partial charge in [0.25, 0.3) is 0 Å². The summed E-state index contributed by atoms with van der Waals surface area (Å²) in [5.41, 5.74) is 4.02. The van der Waals surface area contributed by atoms with Crippen LogP contribution in [0.1, 0.15) is 25.3 Å². The van der Waals surface area contributed by atoms with Gasteiger partial charge >= 0.3 is 0 Å². The SMILES string of the molecule is CCc1cc(C)[nH]c1C.[HH]. The number of hydrogen-bond donors (Lipinski definition) is 1. The highest BCUT2D eigenvalue weighted by molar-refractivity contribution is 5.23. The first-order chi connectivity index (χ1) is 4.24. The molecule has 1 nitrogen and oxygen atoms in total. The Kier molecular flexibility index (Phi) is 1.60. The second kappa shape index (κ2) is 2.26. The number of aromatic amines is 1. The van der Waals surface area contributed by atoms with Crippen molar-refractivity contribution in [2.75, 3.05) is 0 Å². The summed E-state index contributed by atoms with van der Waals surface area (Å²) in [7, 11) is 0. The van der Waals surface area contributed by atoms with E-state index in [1.165, 1.54) is 17.0 Å². The minimum atomic E-state index is 0. The highest BCUT2D eigenvalue weighted by Gasteiger charge is 1.96. The standard InChI is InChI=1S/C8H13N.H2/c1-4-8-5-6(2)9-7(8)3;/h5,9H,4H2,1-3H3;1H. The highest BCUT2D eigenvalue weighted by Crippen LogP contribution is 2.08. The number of aryl methyl sites for hydroxylation is 3. The van der Waals surface area contributed by atoms with Gasteiger partial charge in [-0.3, -0.25) is 0 Å². The van der Waals surface area contributed by atoms with Gasteiger partial charge < -0.3 is 4.98 Å². The van der Waals surface area contributed by atoms with Crippen LogP contribution in [0, 0.1) is 13.8 Å². The number of aromatic nitrogens is 1. The third-order valence-electron chi connectivity index (χ3n) is 1.64. The van der Waals surface area contributed by atoms with Gasteiger partial charge in [-0.05, 0) is 31.9 Å². The van der Waals surface area contributed by atoms with Crippen LogP contribution in [0.15, 0.2) is 6.07 Å². The Morgan fingerprint density at radius 1 is 1.56 bits per heavy atom. The van der Waals surface area contributed by atoms with Gasteiger partial charge in [0.2, 0.25) is 0 Å². The minimum Gasteiger partial charge on any atom is -0.362 e. The summed E-state index contributed by atoms with van der Waals surface area (Å²) in [5.74, 6) is 0. The average Bonchev–Trinajstić information content (AvgIpc) is 2.10. The van der Waals surface area contributed by atoms with Gasteiger partial charge in [0.15, 0.2) is 0 Å². The second-order valence-electron chi connectivity index (χ2n) is 2.46. The molecule has 0 bridgehead atoms. The first-order valence-corrected chi connectivity index (χ1v) is 3.39. The lowest BCUT2D eigenvalue weighted by molar-refractivity contribution is 1.09. The van der Waals surface area contributed by atoms with Crippen LogP contribution in [0.25, 0.3) is 0 Å². The first kappa shape index (κ1) is 6.40. The lowest BCUT2D eigenvalue weighted by Crippen LogP contribution is -1.78. The first-order valence-electron chi connectivity index (χ1n) is 3.39. The molecule has 0 saturated heterocycles. The lowest BCUT2D eigenvalue weighted by atomic mass is 10.2. The molecule has 1 aromatic heterocycles. The van der Waals surface area contributed by atoms with Crippen molar-refractivity contribution >= 4 is 0 Å². The molecular weight excluding hydrogens is 110 g/mol. The summed E-state index contributed by atoms with van der Waals surface area (Å²) < 4.78 is 0. The molecule has 0 aromatic carbocycles. The maximum atomic E-state index is 3.26. The lowest BCUT2D eigenvalue weighted by Gasteiger charge is -1.88. The Labute approximate surface area is 57.6 Å². The molecule has 0 saturated carbocycles. The van der Waals surface area contributed by atoms with Crippen LogP contribution >= 0.6 is 0 Å². The zero-order valence-electron chi connectivity index (χ0n) is 6.28. The molecule has 1 heteroatoms. The molecule has 1 rings (SSSR count). The molecular formula is C8H15N. The van der Waals surface area contributed by atoms with E-state index in [9.17, 15) is 0 Å². The van der Waals surface area contributed by atoms with Crippen LogP contribution in [0.5, 0.6) is 0 Å². The molecule has 0 spiro atoms. The molecule has 0 radical (unpaired) electrons. The van der Waals surface area contributed by atoms with E-state index in [2.05, 4.69) is 31.8 Å². The predicted octanol–water partition coefficient (Wildman–Crippen LogP) is 2.44. The normalized spacial score (nSPS) is 10.1. The zero-order chi connectivity index (χ0) is 6.85. The molecule has 0 fully saturated rings. The molecule has 1 N–H and O–H groups in total. The van der Waals surface area contributed by atoms with Crippen LogP contribution in [0.2, 0.25) is 0 Å². The summed E-state index contributed by atoms with van der Waals surface area (Å²) in [5, 5.41) is 0. The van der Waals surface area contributed by atoms with Gasteiger partial charge in [0.1, 0.15) is 0 Å². The minimum absolute atomic E-state index is 0. The maximum Gasteiger partial charge on any atom is 0.0150 e. The highest BCUT2D eigenvalue weighted by atomic mass is 14.7. The number of rotatable bonds is 1. The molecule has 1 aromatic rings. The van der Waals surface area contributed by atoms with E-state index >= 15 is 0 Å². The maximum absolute atomic E-state index is 3.26. The molecule has 0 atom stereocenters. The Bertz CT molecular complexity index is 203. The monoisotopic (exact) mass is 125 g/mol. The molecule has 9 heavy (non-hydrogen) atoms. The Morgan fingerprint density at radius 3 is 2.44 bits per heavy atom. The molecule has 0 aliphatic rings. The van der Waals surface area contributed by atoms with Crippen molar-refractivity contribution < 1.29 is 1.43 Å². The van der Waals surface area contributed by atoms with Gasteiger partial charge in [-0.2, -0.15) is 0 Å². The predicted molar refractivity (Wildman–Crippen MR) is 41.8 cm³/mol. The average molecular weight is 125 g/mol. The summed E-state index contributed by atoms with van der Waals surface area (Å²) in [6.45, 7) is 6.38. The van der Waals surface area contributed by atoms with Crippen molar-refractivity contribution in [3.63, 3.8) is 0 Å². The van der Waals surface area contributed by atoms with Gasteiger partial charge in [0, 0.05) is 12.8 Å². The van der Waals surface area contributed by atoms with E-state index in [0.29, 0.717) is 0 Å².